The molecule has 0 saturated carbocycles. The van der Waals surface area contributed by atoms with E-state index in [1.165, 1.54) is 0 Å². The lowest BCUT2D eigenvalue weighted by Gasteiger charge is -2.30. The Morgan fingerprint density at radius 3 is 2.45 bits per heavy atom. The highest BCUT2D eigenvalue weighted by molar-refractivity contribution is 6.03. The van der Waals surface area contributed by atoms with Crippen LogP contribution in [-0.4, -0.2) is 18.4 Å². The van der Waals surface area contributed by atoms with Gasteiger partial charge in [-0.2, -0.15) is 0 Å². The van der Waals surface area contributed by atoms with Gasteiger partial charge in [-0.25, -0.2) is 0 Å². The lowest BCUT2D eigenvalue weighted by atomic mass is 9.81. The van der Waals surface area contributed by atoms with Crippen molar-refractivity contribution < 1.29 is 14.3 Å². The third-order valence-electron chi connectivity index (χ3n) is 1.99. The molecule has 0 spiro atoms. The van der Waals surface area contributed by atoms with Crippen molar-refractivity contribution in [2.75, 3.05) is 6.61 Å². The number of carbonyl (C=O) groups excluding carboxylic acids is 2. The second kappa shape index (κ2) is 2.32. The van der Waals surface area contributed by atoms with Crippen molar-refractivity contribution in [1.29, 1.82) is 0 Å². The van der Waals surface area contributed by atoms with Crippen LogP contribution in [0.3, 0.4) is 0 Å². The molecule has 1 heterocycles. The van der Waals surface area contributed by atoms with E-state index in [9.17, 15) is 9.59 Å². The van der Waals surface area contributed by atoms with Gasteiger partial charge in [-0.3, -0.25) is 9.59 Å². The maximum atomic E-state index is 11.4. The van der Waals surface area contributed by atoms with Crippen molar-refractivity contribution in [3.8, 4) is 0 Å². The van der Waals surface area contributed by atoms with Gasteiger partial charge in [0.25, 0.3) is 0 Å². The van der Waals surface area contributed by atoms with Gasteiger partial charge >= 0.3 is 5.97 Å². The molecule has 3 heteroatoms. The van der Waals surface area contributed by atoms with Crippen LogP contribution in [0.25, 0.3) is 0 Å². The number of Topliss-reactive ketones (excluding diaryl/α,β-unsaturated/α-hetero) is 1. The molecule has 1 fully saturated rings. The first-order valence-electron chi connectivity index (χ1n) is 3.66. The van der Waals surface area contributed by atoms with Crippen molar-refractivity contribution in [1.82, 2.24) is 0 Å². The summed E-state index contributed by atoms with van der Waals surface area (Å²) in [5, 5.41) is 0. The smallest absolute Gasteiger partial charge is 0.316 e. The van der Waals surface area contributed by atoms with E-state index in [1.54, 1.807) is 20.8 Å². The Bertz CT molecular complexity index is 205. The fourth-order valence-electron chi connectivity index (χ4n) is 1.14. The van der Waals surface area contributed by atoms with Crippen molar-refractivity contribution in [2.45, 2.75) is 20.8 Å². The monoisotopic (exact) mass is 156 g/mol. The van der Waals surface area contributed by atoms with Crippen LogP contribution in [-0.2, 0) is 14.3 Å². The van der Waals surface area contributed by atoms with E-state index in [4.69, 9.17) is 4.74 Å². The summed E-state index contributed by atoms with van der Waals surface area (Å²) in [5.74, 6) is -0.998. The van der Waals surface area contributed by atoms with Gasteiger partial charge in [-0.1, -0.05) is 0 Å². The molecule has 0 aliphatic carbocycles. The quantitative estimate of drug-likeness (QED) is 0.384. The SMILES string of the molecule is CC1C(=O)OCC(C)(C)C1=O. The molecule has 1 atom stereocenters. The molecule has 62 valence electrons. The van der Waals surface area contributed by atoms with Gasteiger partial charge in [0, 0.05) is 0 Å². The number of ketones is 1. The Morgan fingerprint density at radius 1 is 1.45 bits per heavy atom. The maximum absolute atomic E-state index is 11.4. The average molecular weight is 156 g/mol. The van der Waals surface area contributed by atoms with Crippen molar-refractivity contribution in [3.05, 3.63) is 0 Å². The zero-order valence-electron chi connectivity index (χ0n) is 7.01. The second-order valence-corrected chi connectivity index (χ2v) is 3.58. The molecular weight excluding hydrogens is 144 g/mol. The third kappa shape index (κ3) is 1.27. The third-order valence-corrected chi connectivity index (χ3v) is 1.99. The molecule has 0 amide bonds. The zero-order chi connectivity index (χ0) is 8.65. The number of carbonyl (C=O) groups is 2. The van der Waals surface area contributed by atoms with Gasteiger partial charge in [0.2, 0.25) is 0 Å². The minimum atomic E-state index is -0.584. The predicted molar refractivity (Wildman–Crippen MR) is 38.9 cm³/mol. The lowest BCUT2D eigenvalue weighted by Crippen LogP contribution is -2.44. The molecule has 1 aliphatic rings. The summed E-state index contributed by atoms with van der Waals surface area (Å²) in [7, 11) is 0. The van der Waals surface area contributed by atoms with E-state index in [2.05, 4.69) is 0 Å². The van der Waals surface area contributed by atoms with Crippen LogP contribution < -0.4 is 0 Å². The molecule has 0 bridgehead atoms. The summed E-state index contributed by atoms with van der Waals surface area (Å²) in [6.07, 6.45) is 0. The molecule has 0 radical (unpaired) electrons. The minimum absolute atomic E-state index is 0.0197. The number of cyclic esters (lactones) is 1. The second-order valence-electron chi connectivity index (χ2n) is 3.58. The average Bonchev–Trinajstić information content (AvgIpc) is 1.95. The normalized spacial score (nSPS) is 29.9. The van der Waals surface area contributed by atoms with Crippen LogP contribution >= 0.6 is 0 Å². The molecule has 11 heavy (non-hydrogen) atoms. The Morgan fingerprint density at radius 2 is 2.00 bits per heavy atom. The van der Waals surface area contributed by atoms with Gasteiger partial charge in [0.05, 0.1) is 5.41 Å². The largest absolute Gasteiger partial charge is 0.464 e. The van der Waals surface area contributed by atoms with Gasteiger partial charge in [-0.15, -0.1) is 0 Å². The fraction of sp³-hybridized carbons (Fsp3) is 0.750. The van der Waals surface area contributed by atoms with Crippen molar-refractivity contribution in [3.63, 3.8) is 0 Å². The van der Waals surface area contributed by atoms with E-state index >= 15 is 0 Å². The van der Waals surface area contributed by atoms with E-state index in [0.717, 1.165) is 0 Å². The van der Waals surface area contributed by atoms with Gasteiger partial charge in [0.1, 0.15) is 12.5 Å². The predicted octanol–water partition coefficient (Wildman–Crippen LogP) is 0.775. The Hall–Kier alpha value is -0.860. The molecular formula is C8H12O3. The summed E-state index contributed by atoms with van der Waals surface area (Å²) >= 11 is 0. The number of esters is 1. The van der Waals surface area contributed by atoms with E-state index in [-0.39, 0.29) is 12.4 Å². The number of ether oxygens (including phenoxy) is 1. The van der Waals surface area contributed by atoms with Gasteiger partial charge in [0.15, 0.2) is 5.78 Å². The zero-order valence-corrected chi connectivity index (χ0v) is 7.01. The topological polar surface area (TPSA) is 43.4 Å². The first kappa shape index (κ1) is 8.24. The highest BCUT2D eigenvalue weighted by Gasteiger charge is 2.41. The number of hydrogen-bond acceptors (Lipinski definition) is 3. The van der Waals surface area contributed by atoms with Crippen LogP contribution in [0, 0.1) is 11.3 Å². The summed E-state index contributed by atoms with van der Waals surface area (Å²) in [6.45, 7) is 5.39. The van der Waals surface area contributed by atoms with Crippen LogP contribution in [0.1, 0.15) is 20.8 Å². The summed E-state index contributed by atoms with van der Waals surface area (Å²) in [5.41, 5.74) is -0.493. The number of rotatable bonds is 0. The Kier molecular flexibility index (Phi) is 1.74. The molecule has 0 N–H and O–H groups in total. The fourth-order valence-corrected chi connectivity index (χ4v) is 1.14. The summed E-state index contributed by atoms with van der Waals surface area (Å²) in [4.78, 5) is 22.2. The Balaban J connectivity index is 2.84. The van der Waals surface area contributed by atoms with E-state index < -0.39 is 17.3 Å². The molecule has 1 saturated heterocycles. The van der Waals surface area contributed by atoms with Gasteiger partial charge in [-0.05, 0) is 20.8 Å². The van der Waals surface area contributed by atoms with Crippen LogP contribution in [0.2, 0.25) is 0 Å². The lowest BCUT2D eigenvalue weighted by molar-refractivity contribution is -0.166. The van der Waals surface area contributed by atoms with Gasteiger partial charge < -0.3 is 4.74 Å². The molecule has 1 aliphatic heterocycles. The first-order valence-corrected chi connectivity index (χ1v) is 3.66. The molecule has 1 rings (SSSR count). The van der Waals surface area contributed by atoms with Crippen molar-refractivity contribution in [2.24, 2.45) is 11.3 Å². The van der Waals surface area contributed by atoms with E-state index in [0.29, 0.717) is 0 Å². The molecule has 0 aromatic carbocycles. The van der Waals surface area contributed by atoms with E-state index in [1.807, 2.05) is 0 Å². The molecule has 3 nitrogen and oxygen atoms in total. The standard InChI is InChI=1S/C8H12O3/c1-5-6(9)8(2,3)4-11-7(5)10/h5H,4H2,1-3H3. The van der Waals surface area contributed by atoms with Crippen LogP contribution in [0.4, 0.5) is 0 Å². The number of hydrogen-bond donors (Lipinski definition) is 0. The molecule has 0 aromatic rings. The maximum Gasteiger partial charge on any atom is 0.316 e. The highest BCUT2D eigenvalue weighted by atomic mass is 16.5. The highest BCUT2D eigenvalue weighted by Crippen LogP contribution is 2.27. The summed E-state index contributed by atoms with van der Waals surface area (Å²) < 4.78 is 4.82. The minimum Gasteiger partial charge on any atom is -0.464 e. The summed E-state index contributed by atoms with van der Waals surface area (Å²) in [6, 6.07) is 0. The Labute approximate surface area is 65.7 Å². The molecule has 1 unspecified atom stereocenters. The first-order chi connectivity index (χ1) is 4.95. The van der Waals surface area contributed by atoms with Crippen molar-refractivity contribution >= 4 is 11.8 Å². The van der Waals surface area contributed by atoms with Crippen LogP contribution in [0.5, 0.6) is 0 Å². The molecule has 0 aromatic heterocycles. The van der Waals surface area contributed by atoms with Crippen LogP contribution in [0.15, 0.2) is 0 Å².